The van der Waals surface area contributed by atoms with Gasteiger partial charge in [-0.05, 0) is 37.3 Å². The van der Waals surface area contributed by atoms with E-state index in [1.807, 2.05) is 0 Å². The Morgan fingerprint density at radius 3 is 2.33 bits per heavy atom. The van der Waals surface area contributed by atoms with E-state index in [9.17, 15) is 23.3 Å². The summed E-state index contributed by atoms with van der Waals surface area (Å²) in [7, 11) is -4.08. The Morgan fingerprint density at radius 2 is 1.76 bits per heavy atom. The Labute approximate surface area is 120 Å². The van der Waals surface area contributed by atoms with Crippen LogP contribution in [-0.2, 0) is 14.8 Å². The van der Waals surface area contributed by atoms with Gasteiger partial charge in [-0.1, -0.05) is 6.07 Å². The molecule has 0 atom stereocenters. The van der Waals surface area contributed by atoms with E-state index in [1.165, 1.54) is 43.4 Å². The maximum absolute atomic E-state index is 12.1. The molecule has 1 aliphatic rings. The third-order valence-corrected chi connectivity index (χ3v) is 4.04. The molecule has 1 aromatic carbocycles. The van der Waals surface area contributed by atoms with Crippen molar-refractivity contribution in [2.45, 2.75) is 11.8 Å². The fraction of sp³-hybridized carbons (Fsp3) is 0.0769. The maximum Gasteiger partial charge on any atom is 0.283 e. The number of nitro groups is 1. The standard InChI is InChI=1S/C13H10N2O5S/c1-9-2-7-12(8-13(9)15(17)18)21(19,20)14-10-3-5-11(16)6-4-10/h2-8H,1H3. The molecule has 108 valence electrons. The Morgan fingerprint density at radius 1 is 1.14 bits per heavy atom. The second-order valence-corrected chi connectivity index (χ2v) is 5.87. The zero-order valence-electron chi connectivity index (χ0n) is 10.9. The van der Waals surface area contributed by atoms with Crippen LogP contribution in [0, 0.1) is 17.0 Å². The van der Waals surface area contributed by atoms with Crippen molar-refractivity contribution in [2.24, 2.45) is 4.40 Å². The zero-order valence-corrected chi connectivity index (χ0v) is 11.7. The van der Waals surface area contributed by atoms with Crippen LogP contribution in [-0.4, -0.2) is 24.8 Å². The second kappa shape index (κ2) is 5.41. The highest BCUT2D eigenvalue weighted by Gasteiger charge is 2.19. The third kappa shape index (κ3) is 3.29. The van der Waals surface area contributed by atoms with Crippen molar-refractivity contribution in [3.63, 3.8) is 0 Å². The molecule has 0 saturated heterocycles. The fourth-order valence-corrected chi connectivity index (χ4v) is 2.65. The van der Waals surface area contributed by atoms with E-state index in [4.69, 9.17) is 0 Å². The summed E-state index contributed by atoms with van der Waals surface area (Å²) in [6.07, 6.45) is 4.91. The minimum Gasteiger partial charge on any atom is -0.290 e. The number of rotatable bonds is 3. The van der Waals surface area contributed by atoms with Crippen molar-refractivity contribution < 1.29 is 18.1 Å². The maximum atomic E-state index is 12.1. The lowest BCUT2D eigenvalue weighted by Gasteiger charge is -2.03. The highest BCUT2D eigenvalue weighted by Crippen LogP contribution is 2.23. The first kappa shape index (κ1) is 14.8. The first-order valence-electron chi connectivity index (χ1n) is 5.80. The van der Waals surface area contributed by atoms with Crippen molar-refractivity contribution in [2.75, 3.05) is 0 Å². The minimum atomic E-state index is -4.08. The average Bonchev–Trinajstić information content (AvgIpc) is 2.41. The number of sulfonamides is 1. The van der Waals surface area contributed by atoms with Crippen molar-refractivity contribution >= 4 is 27.2 Å². The molecule has 0 amide bonds. The van der Waals surface area contributed by atoms with Crippen LogP contribution in [0.3, 0.4) is 0 Å². The molecule has 0 saturated carbocycles. The van der Waals surface area contributed by atoms with Gasteiger partial charge in [0.05, 0.1) is 15.5 Å². The van der Waals surface area contributed by atoms with Gasteiger partial charge in [0.1, 0.15) is 0 Å². The van der Waals surface area contributed by atoms with E-state index in [2.05, 4.69) is 4.40 Å². The number of aryl methyl sites for hydroxylation is 1. The molecule has 0 heterocycles. The Bertz CT molecular complexity index is 801. The summed E-state index contributed by atoms with van der Waals surface area (Å²) >= 11 is 0. The van der Waals surface area contributed by atoms with E-state index >= 15 is 0 Å². The summed E-state index contributed by atoms with van der Waals surface area (Å²) < 4.78 is 27.8. The molecule has 0 spiro atoms. The van der Waals surface area contributed by atoms with Gasteiger partial charge >= 0.3 is 0 Å². The molecule has 0 N–H and O–H groups in total. The zero-order chi connectivity index (χ0) is 15.6. The van der Waals surface area contributed by atoms with E-state index < -0.39 is 14.9 Å². The van der Waals surface area contributed by atoms with Crippen LogP contribution in [0.15, 0.2) is 51.8 Å². The normalized spacial score (nSPS) is 14.3. The molecule has 0 bridgehead atoms. The number of nitrogens with zero attached hydrogens (tertiary/aromatic N) is 2. The van der Waals surface area contributed by atoms with Gasteiger partial charge in [0.25, 0.3) is 15.7 Å². The second-order valence-electron chi connectivity index (χ2n) is 4.27. The monoisotopic (exact) mass is 306 g/mol. The number of benzene rings is 1. The Hall–Kier alpha value is -2.61. The summed E-state index contributed by atoms with van der Waals surface area (Å²) in [5.41, 5.74) is 0.147. The molecule has 0 aromatic heterocycles. The Balaban J connectivity index is 2.46. The van der Waals surface area contributed by atoms with Gasteiger partial charge in [-0.25, -0.2) is 0 Å². The van der Waals surface area contributed by atoms with Gasteiger partial charge in [-0.3, -0.25) is 14.9 Å². The summed E-state index contributed by atoms with van der Waals surface area (Å²) in [5.74, 6) is -0.266. The van der Waals surface area contributed by atoms with Crippen molar-refractivity contribution in [3.8, 4) is 0 Å². The Kier molecular flexibility index (Phi) is 3.81. The van der Waals surface area contributed by atoms with E-state index in [0.29, 0.717) is 5.56 Å². The lowest BCUT2D eigenvalue weighted by molar-refractivity contribution is -0.385. The highest BCUT2D eigenvalue weighted by atomic mass is 32.2. The number of hydrogen-bond donors (Lipinski definition) is 0. The molecule has 8 heteroatoms. The summed E-state index contributed by atoms with van der Waals surface area (Å²) in [6.45, 7) is 1.51. The molecule has 0 fully saturated rings. The van der Waals surface area contributed by atoms with Crippen LogP contribution in [0.5, 0.6) is 0 Å². The first-order valence-corrected chi connectivity index (χ1v) is 7.24. The van der Waals surface area contributed by atoms with E-state index in [-0.39, 0.29) is 22.1 Å². The summed E-state index contributed by atoms with van der Waals surface area (Å²) in [4.78, 5) is 20.9. The molecule has 21 heavy (non-hydrogen) atoms. The van der Waals surface area contributed by atoms with Crippen LogP contribution in [0.1, 0.15) is 5.56 Å². The van der Waals surface area contributed by atoms with Gasteiger partial charge in [0.15, 0.2) is 5.78 Å². The molecule has 1 aliphatic carbocycles. The summed E-state index contributed by atoms with van der Waals surface area (Å²) in [5, 5.41) is 10.8. The van der Waals surface area contributed by atoms with Crippen LogP contribution in [0.25, 0.3) is 0 Å². The van der Waals surface area contributed by atoms with E-state index in [1.54, 1.807) is 0 Å². The smallest absolute Gasteiger partial charge is 0.283 e. The SMILES string of the molecule is Cc1ccc(S(=O)(=O)N=C2C=CC(=O)C=C2)cc1[N+](=O)[O-]. The van der Waals surface area contributed by atoms with Gasteiger partial charge in [-0.2, -0.15) is 12.8 Å². The number of ketones is 1. The number of carbonyl (C=O) groups is 1. The minimum absolute atomic E-state index is 0.0813. The lowest BCUT2D eigenvalue weighted by Crippen LogP contribution is -2.05. The largest absolute Gasteiger partial charge is 0.290 e. The molecule has 1 aromatic rings. The van der Waals surface area contributed by atoms with Crippen LogP contribution < -0.4 is 0 Å². The topological polar surface area (TPSA) is 107 Å². The molecular weight excluding hydrogens is 296 g/mol. The number of allylic oxidation sites excluding steroid dienone is 4. The molecule has 7 nitrogen and oxygen atoms in total. The predicted molar refractivity (Wildman–Crippen MR) is 75.7 cm³/mol. The molecule has 2 rings (SSSR count). The quantitative estimate of drug-likeness (QED) is 0.480. The van der Waals surface area contributed by atoms with Crippen molar-refractivity contribution in [1.29, 1.82) is 0 Å². The first-order chi connectivity index (χ1) is 9.79. The molecular formula is C13H10N2O5S. The third-order valence-electron chi connectivity index (χ3n) is 2.74. The molecule has 0 aliphatic heterocycles. The number of hydrogen-bond acceptors (Lipinski definition) is 5. The highest BCUT2D eigenvalue weighted by molar-refractivity contribution is 7.90. The van der Waals surface area contributed by atoms with Crippen LogP contribution in [0.4, 0.5) is 5.69 Å². The fourth-order valence-electron chi connectivity index (χ4n) is 1.64. The van der Waals surface area contributed by atoms with Gasteiger partial charge in [0, 0.05) is 11.6 Å². The van der Waals surface area contributed by atoms with Gasteiger partial charge < -0.3 is 0 Å². The average molecular weight is 306 g/mol. The van der Waals surface area contributed by atoms with Gasteiger partial charge in [0.2, 0.25) is 0 Å². The van der Waals surface area contributed by atoms with Crippen molar-refractivity contribution in [1.82, 2.24) is 0 Å². The number of carbonyl (C=O) groups excluding carboxylic acids is 1. The van der Waals surface area contributed by atoms with Crippen molar-refractivity contribution in [3.05, 3.63) is 58.2 Å². The number of nitro benzene ring substituents is 1. The molecule has 0 radical (unpaired) electrons. The van der Waals surface area contributed by atoms with Crippen LogP contribution >= 0.6 is 0 Å². The lowest BCUT2D eigenvalue weighted by atomic mass is 10.2. The van der Waals surface area contributed by atoms with E-state index in [0.717, 1.165) is 6.07 Å². The predicted octanol–water partition coefficient (Wildman–Crippen LogP) is 1.73. The van der Waals surface area contributed by atoms with Gasteiger partial charge in [-0.15, -0.1) is 0 Å². The molecule has 0 unspecified atom stereocenters. The van der Waals surface area contributed by atoms with Crippen LogP contribution in [0.2, 0.25) is 0 Å². The summed E-state index contributed by atoms with van der Waals surface area (Å²) in [6, 6.07) is 3.57.